The highest BCUT2D eigenvalue weighted by molar-refractivity contribution is 6.01. The van der Waals surface area contributed by atoms with Crippen molar-refractivity contribution in [3.63, 3.8) is 0 Å². The Morgan fingerprint density at radius 1 is 1.00 bits per heavy atom. The van der Waals surface area contributed by atoms with Crippen LogP contribution in [0.5, 0.6) is 0 Å². The topological polar surface area (TPSA) is 82.1 Å². The van der Waals surface area contributed by atoms with Crippen LogP contribution in [0, 0.1) is 10.8 Å². The Balaban J connectivity index is 2.40. The molecule has 0 aromatic carbocycles. The molecule has 1 saturated heterocycles. The lowest BCUT2D eigenvalue weighted by molar-refractivity contribution is -0.199. The first-order valence-corrected chi connectivity index (χ1v) is 7.70. The average molecular weight is 329 g/mol. The van der Waals surface area contributed by atoms with E-state index in [-0.39, 0.29) is 24.7 Å². The number of amides is 2. The Labute approximate surface area is 137 Å². The molecule has 0 bridgehead atoms. The van der Waals surface area contributed by atoms with Crippen molar-refractivity contribution < 1.29 is 28.7 Å². The van der Waals surface area contributed by atoms with E-state index in [1.165, 1.54) is 0 Å². The summed E-state index contributed by atoms with van der Waals surface area (Å²) in [6.07, 6.45) is 0.231. The molecular formula is C16H27NO6. The molecule has 0 aliphatic carbocycles. The molecule has 0 aromatic rings. The maximum atomic E-state index is 11.9. The summed E-state index contributed by atoms with van der Waals surface area (Å²) in [4.78, 5) is 39.6. The fourth-order valence-electron chi connectivity index (χ4n) is 2.27. The van der Waals surface area contributed by atoms with Crippen LogP contribution in [0.15, 0.2) is 0 Å². The van der Waals surface area contributed by atoms with Crippen LogP contribution in [-0.2, 0) is 28.7 Å². The van der Waals surface area contributed by atoms with Gasteiger partial charge in [-0.1, -0.05) is 27.7 Å². The Hall–Kier alpha value is -1.47. The second-order valence-corrected chi connectivity index (χ2v) is 7.48. The average Bonchev–Trinajstić information content (AvgIpc) is 2.69. The van der Waals surface area contributed by atoms with E-state index in [4.69, 9.17) is 14.3 Å². The fraction of sp³-hybridized carbons (Fsp3) is 0.812. The summed E-state index contributed by atoms with van der Waals surface area (Å²) in [6.45, 7) is 9.23. The molecule has 1 rings (SSSR count). The van der Waals surface area contributed by atoms with E-state index in [2.05, 4.69) is 0 Å². The highest BCUT2D eigenvalue weighted by Crippen LogP contribution is 2.24. The molecule has 1 heterocycles. The summed E-state index contributed by atoms with van der Waals surface area (Å²) in [5.74, 6) is -1.56. The van der Waals surface area contributed by atoms with Crippen molar-refractivity contribution in [3.8, 4) is 0 Å². The van der Waals surface area contributed by atoms with Gasteiger partial charge in [0.1, 0.15) is 0 Å². The van der Waals surface area contributed by atoms with Gasteiger partial charge in [-0.3, -0.25) is 9.59 Å². The van der Waals surface area contributed by atoms with E-state index in [0.29, 0.717) is 24.9 Å². The number of methoxy groups -OCH3 is 1. The number of imide groups is 1. The van der Waals surface area contributed by atoms with E-state index in [0.717, 1.165) is 0 Å². The normalized spacial score (nSPS) is 16.1. The summed E-state index contributed by atoms with van der Waals surface area (Å²) in [6, 6.07) is 0. The Morgan fingerprint density at radius 3 is 2.04 bits per heavy atom. The first kappa shape index (κ1) is 19.6. The highest BCUT2D eigenvalue weighted by atomic mass is 16.7. The van der Waals surface area contributed by atoms with Gasteiger partial charge >= 0.3 is 5.97 Å². The Bertz CT molecular complexity index is 441. The zero-order valence-corrected chi connectivity index (χ0v) is 14.6. The number of carbonyl (C=O) groups is 3. The fourth-order valence-corrected chi connectivity index (χ4v) is 2.27. The van der Waals surface area contributed by atoms with Gasteiger partial charge in [0.2, 0.25) is 0 Å². The Morgan fingerprint density at radius 2 is 1.52 bits per heavy atom. The maximum Gasteiger partial charge on any atom is 0.333 e. The van der Waals surface area contributed by atoms with Crippen molar-refractivity contribution in [2.75, 3.05) is 26.9 Å². The minimum absolute atomic E-state index is 0.0504. The highest BCUT2D eigenvalue weighted by Gasteiger charge is 2.34. The zero-order chi connectivity index (χ0) is 17.7. The summed E-state index contributed by atoms with van der Waals surface area (Å²) in [7, 11) is 1.64. The number of ether oxygens (including phenoxy) is 2. The van der Waals surface area contributed by atoms with E-state index in [1.807, 2.05) is 27.7 Å². The third-order valence-corrected chi connectivity index (χ3v) is 3.34. The van der Waals surface area contributed by atoms with Gasteiger partial charge in [0, 0.05) is 25.4 Å². The van der Waals surface area contributed by atoms with Crippen molar-refractivity contribution in [1.29, 1.82) is 0 Å². The number of hydroxylamine groups is 2. The quantitative estimate of drug-likeness (QED) is 0.599. The molecule has 1 aliphatic heterocycles. The number of carbonyl (C=O) groups excluding carboxylic acids is 3. The van der Waals surface area contributed by atoms with Crippen LogP contribution in [0.3, 0.4) is 0 Å². The lowest BCUT2D eigenvalue weighted by Gasteiger charge is -2.28. The molecule has 1 fully saturated rings. The molecule has 0 saturated carbocycles. The summed E-state index contributed by atoms with van der Waals surface area (Å²) in [5.41, 5.74) is -0.578. The molecule has 0 atom stereocenters. The molecule has 2 amide bonds. The molecule has 132 valence electrons. The van der Waals surface area contributed by atoms with Crippen LogP contribution in [0.4, 0.5) is 0 Å². The van der Waals surface area contributed by atoms with Gasteiger partial charge in [-0.25, -0.2) is 4.79 Å². The number of hydrogen-bond donors (Lipinski definition) is 0. The minimum Gasteiger partial charge on any atom is -0.384 e. The SMILES string of the molecule is COCC(C)(C)COCC(C)(C)CC(=O)ON1C(=O)CCC1=O. The van der Waals surface area contributed by atoms with Crippen LogP contribution in [0.2, 0.25) is 0 Å². The van der Waals surface area contributed by atoms with Gasteiger partial charge < -0.3 is 14.3 Å². The van der Waals surface area contributed by atoms with Gasteiger partial charge in [0.15, 0.2) is 0 Å². The summed E-state index contributed by atoms with van der Waals surface area (Å²) < 4.78 is 10.8. The van der Waals surface area contributed by atoms with E-state index < -0.39 is 23.2 Å². The molecule has 0 spiro atoms. The molecule has 0 aromatic heterocycles. The zero-order valence-electron chi connectivity index (χ0n) is 14.6. The number of hydrogen-bond acceptors (Lipinski definition) is 6. The lowest BCUT2D eigenvalue weighted by atomic mass is 9.90. The molecule has 23 heavy (non-hydrogen) atoms. The van der Waals surface area contributed by atoms with Crippen molar-refractivity contribution in [2.45, 2.75) is 47.0 Å². The first-order chi connectivity index (χ1) is 10.6. The van der Waals surface area contributed by atoms with Crippen LogP contribution in [-0.4, -0.2) is 49.8 Å². The van der Waals surface area contributed by atoms with Crippen LogP contribution < -0.4 is 0 Å². The number of rotatable bonds is 9. The van der Waals surface area contributed by atoms with Crippen molar-refractivity contribution in [1.82, 2.24) is 5.06 Å². The standard InChI is InChI=1S/C16H27NO6/c1-15(2,10-22-11-16(3,4)9-21-5)8-14(20)23-17-12(18)6-7-13(17)19/h6-11H2,1-5H3. The summed E-state index contributed by atoms with van der Waals surface area (Å²) in [5, 5.41) is 0.570. The smallest absolute Gasteiger partial charge is 0.333 e. The predicted molar refractivity (Wildman–Crippen MR) is 82.1 cm³/mol. The second kappa shape index (κ2) is 7.88. The van der Waals surface area contributed by atoms with E-state index >= 15 is 0 Å². The second-order valence-electron chi connectivity index (χ2n) is 7.48. The largest absolute Gasteiger partial charge is 0.384 e. The predicted octanol–water partition coefficient (Wildman–Crippen LogP) is 1.70. The van der Waals surface area contributed by atoms with Crippen LogP contribution in [0.1, 0.15) is 47.0 Å². The van der Waals surface area contributed by atoms with Crippen LogP contribution in [0.25, 0.3) is 0 Å². The third-order valence-electron chi connectivity index (χ3n) is 3.34. The maximum absolute atomic E-state index is 11.9. The van der Waals surface area contributed by atoms with Crippen molar-refractivity contribution in [2.24, 2.45) is 10.8 Å². The van der Waals surface area contributed by atoms with E-state index in [1.54, 1.807) is 7.11 Å². The molecule has 0 N–H and O–H groups in total. The summed E-state index contributed by atoms with van der Waals surface area (Å²) >= 11 is 0. The van der Waals surface area contributed by atoms with Gasteiger partial charge in [-0.05, 0) is 5.41 Å². The van der Waals surface area contributed by atoms with Crippen LogP contribution >= 0.6 is 0 Å². The monoisotopic (exact) mass is 329 g/mol. The molecule has 0 radical (unpaired) electrons. The first-order valence-electron chi connectivity index (χ1n) is 7.70. The van der Waals surface area contributed by atoms with Gasteiger partial charge in [-0.2, -0.15) is 0 Å². The molecule has 7 nitrogen and oxygen atoms in total. The number of nitrogens with zero attached hydrogens (tertiary/aromatic N) is 1. The molecular weight excluding hydrogens is 302 g/mol. The van der Waals surface area contributed by atoms with E-state index in [9.17, 15) is 14.4 Å². The van der Waals surface area contributed by atoms with Crippen molar-refractivity contribution >= 4 is 17.8 Å². The van der Waals surface area contributed by atoms with Gasteiger partial charge in [-0.15, -0.1) is 5.06 Å². The van der Waals surface area contributed by atoms with Gasteiger partial charge in [0.05, 0.1) is 26.2 Å². The Kier molecular flexibility index (Phi) is 6.70. The molecule has 7 heteroatoms. The van der Waals surface area contributed by atoms with Crippen molar-refractivity contribution in [3.05, 3.63) is 0 Å². The molecule has 0 unspecified atom stereocenters. The van der Waals surface area contributed by atoms with Gasteiger partial charge in [0.25, 0.3) is 11.8 Å². The minimum atomic E-state index is -0.613. The molecule has 1 aliphatic rings. The third kappa shape index (κ3) is 6.66. The lowest BCUT2D eigenvalue weighted by Crippen LogP contribution is -2.35.